The first-order valence-electron chi connectivity index (χ1n) is 5.64. The number of halogens is 2. The molecule has 0 aliphatic rings. The van der Waals surface area contributed by atoms with Gasteiger partial charge in [0.2, 0.25) is 0 Å². The van der Waals surface area contributed by atoms with Crippen LogP contribution in [-0.4, -0.2) is 16.1 Å². The fourth-order valence-electron chi connectivity index (χ4n) is 1.64. The van der Waals surface area contributed by atoms with Gasteiger partial charge in [0.15, 0.2) is 0 Å². The predicted octanol–water partition coefficient (Wildman–Crippen LogP) is 2.25. The van der Waals surface area contributed by atoms with Crippen LogP contribution in [0.25, 0.3) is 0 Å². The highest BCUT2D eigenvalue weighted by Crippen LogP contribution is 2.17. The highest BCUT2D eigenvalue weighted by atomic mass is 19.1. The molecule has 2 aromatic rings. The van der Waals surface area contributed by atoms with Gasteiger partial charge in [-0.05, 0) is 24.3 Å². The van der Waals surface area contributed by atoms with Gasteiger partial charge in [-0.2, -0.15) is 0 Å². The molecule has 0 atom stereocenters. The molecular formula is C13H11F2N3O2. The Balaban J connectivity index is 2.23. The maximum atomic E-state index is 13.4. The summed E-state index contributed by atoms with van der Waals surface area (Å²) in [4.78, 5) is 14.9. The van der Waals surface area contributed by atoms with E-state index in [0.717, 1.165) is 18.2 Å². The van der Waals surface area contributed by atoms with Crippen molar-refractivity contribution in [3.05, 3.63) is 53.2 Å². The molecule has 0 fully saturated rings. The number of aromatic nitrogens is 1. The third-order valence-corrected chi connectivity index (χ3v) is 2.59. The minimum Gasteiger partial charge on any atom is -0.478 e. The van der Waals surface area contributed by atoms with Gasteiger partial charge >= 0.3 is 5.97 Å². The van der Waals surface area contributed by atoms with Crippen LogP contribution in [0, 0.1) is 11.6 Å². The summed E-state index contributed by atoms with van der Waals surface area (Å²) in [5, 5.41) is 11.7. The van der Waals surface area contributed by atoms with E-state index in [1.165, 1.54) is 12.3 Å². The second kappa shape index (κ2) is 5.52. The Morgan fingerprint density at radius 3 is 2.80 bits per heavy atom. The van der Waals surface area contributed by atoms with E-state index < -0.39 is 17.6 Å². The second-order valence-electron chi connectivity index (χ2n) is 4.06. The lowest BCUT2D eigenvalue weighted by molar-refractivity contribution is 0.0697. The molecule has 0 bridgehead atoms. The molecule has 1 aromatic carbocycles. The molecule has 1 aromatic heterocycles. The number of rotatable bonds is 4. The highest BCUT2D eigenvalue weighted by Gasteiger charge is 2.12. The number of hydrogen-bond acceptors (Lipinski definition) is 4. The van der Waals surface area contributed by atoms with Crippen LogP contribution in [0.15, 0.2) is 30.5 Å². The van der Waals surface area contributed by atoms with E-state index in [1.807, 2.05) is 0 Å². The van der Waals surface area contributed by atoms with E-state index >= 15 is 0 Å². The fraction of sp³-hybridized carbons (Fsp3) is 0.0769. The number of carbonyl (C=O) groups is 1. The minimum absolute atomic E-state index is 0.0374. The van der Waals surface area contributed by atoms with Gasteiger partial charge in [-0.25, -0.2) is 18.6 Å². The molecule has 5 nitrogen and oxygen atoms in total. The van der Waals surface area contributed by atoms with E-state index in [9.17, 15) is 13.6 Å². The summed E-state index contributed by atoms with van der Waals surface area (Å²) in [5.74, 6) is -2.35. The van der Waals surface area contributed by atoms with Crippen molar-refractivity contribution in [2.75, 3.05) is 11.1 Å². The van der Waals surface area contributed by atoms with E-state index in [4.69, 9.17) is 10.8 Å². The zero-order valence-corrected chi connectivity index (χ0v) is 10.2. The normalized spacial score (nSPS) is 10.3. The van der Waals surface area contributed by atoms with Crippen molar-refractivity contribution >= 4 is 17.5 Å². The number of anilines is 2. The molecule has 4 N–H and O–H groups in total. The molecule has 0 spiro atoms. The van der Waals surface area contributed by atoms with Gasteiger partial charge in [0.25, 0.3) is 0 Å². The molecule has 0 unspecified atom stereocenters. The van der Waals surface area contributed by atoms with E-state index in [0.29, 0.717) is 0 Å². The number of pyridine rings is 1. The first kappa shape index (κ1) is 13.7. The summed E-state index contributed by atoms with van der Waals surface area (Å²) in [6.45, 7) is -0.0964. The Labute approximate surface area is 113 Å². The highest BCUT2D eigenvalue weighted by molar-refractivity contribution is 5.94. The van der Waals surface area contributed by atoms with Crippen LogP contribution in [0.5, 0.6) is 0 Å². The van der Waals surface area contributed by atoms with Gasteiger partial charge in [-0.1, -0.05) is 0 Å². The first-order valence-corrected chi connectivity index (χ1v) is 5.64. The number of nitrogens with zero attached hydrogens (tertiary/aromatic N) is 1. The molecule has 0 radical (unpaired) electrons. The standard InChI is InChI=1S/C13H11F2N3O2/c14-8-1-2-11(15)7(3-8)5-17-12-10(13(19)20)4-9(16)6-18-12/h1-4,6H,5,16H2,(H,17,18)(H,19,20). The van der Waals surface area contributed by atoms with Gasteiger partial charge in [0.05, 0.1) is 11.9 Å². The SMILES string of the molecule is Nc1cnc(NCc2cc(F)ccc2F)c(C(=O)O)c1. The van der Waals surface area contributed by atoms with Gasteiger partial charge in [-0.3, -0.25) is 0 Å². The largest absolute Gasteiger partial charge is 0.478 e. The van der Waals surface area contributed by atoms with Crippen LogP contribution in [0.4, 0.5) is 20.3 Å². The molecule has 0 aliphatic heterocycles. The second-order valence-corrected chi connectivity index (χ2v) is 4.06. The summed E-state index contributed by atoms with van der Waals surface area (Å²) >= 11 is 0. The number of hydrogen-bond donors (Lipinski definition) is 3. The number of nitrogen functional groups attached to an aromatic ring is 1. The molecule has 0 amide bonds. The van der Waals surface area contributed by atoms with Gasteiger partial charge in [0.1, 0.15) is 23.0 Å². The van der Waals surface area contributed by atoms with Crippen LogP contribution in [0.3, 0.4) is 0 Å². The number of aromatic carboxylic acids is 1. The molecule has 0 aliphatic carbocycles. The van der Waals surface area contributed by atoms with Gasteiger partial charge in [0, 0.05) is 12.1 Å². The summed E-state index contributed by atoms with van der Waals surface area (Å²) in [7, 11) is 0. The van der Waals surface area contributed by atoms with Crippen molar-refractivity contribution in [3.63, 3.8) is 0 Å². The molecule has 20 heavy (non-hydrogen) atoms. The van der Waals surface area contributed by atoms with Crippen LogP contribution < -0.4 is 11.1 Å². The molecular weight excluding hydrogens is 268 g/mol. The van der Waals surface area contributed by atoms with Gasteiger partial charge < -0.3 is 16.2 Å². The van der Waals surface area contributed by atoms with E-state index in [-0.39, 0.29) is 29.2 Å². The zero-order valence-electron chi connectivity index (χ0n) is 10.2. The molecule has 2 rings (SSSR count). The fourth-order valence-corrected chi connectivity index (χ4v) is 1.64. The van der Waals surface area contributed by atoms with Crippen molar-refractivity contribution in [2.45, 2.75) is 6.54 Å². The average molecular weight is 279 g/mol. The zero-order chi connectivity index (χ0) is 14.7. The molecule has 1 heterocycles. The Morgan fingerprint density at radius 2 is 2.10 bits per heavy atom. The van der Waals surface area contributed by atoms with Crippen LogP contribution >= 0.6 is 0 Å². The third kappa shape index (κ3) is 3.00. The smallest absolute Gasteiger partial charge is 0.339 e. The summed E-state index contributed by atoms with van der Waals surface area (Å²) in [6, 6.07) is 4.27. The lowest BCUT2D eigenvalue weighted by atomic mass is 10.2. The number of benzene rings is 1. The Morgan fingerprint density at radius 1 is 1.35 bits per heavy atom. The third-order valence-electron chi connectivity index (χ3n) is 2.59. The van der Waals surface area contributed by atoms with E-state index in [1.54, 1.807) is 0 Å². The Bertz CT molecular complexity index is 662. The lowest BCUT2D eigenvalue weighted by Crippen LogP contribution is -2.10. The lowest BCUT2D eigenvalue weighted by Gasteiger charge is -2.10. The average Bonchev–Trinajstić information content (AvgIpc) is 2.40. The summed E-state index contributed by atoms with van der Waals surface area (Å²) in [5.41, 5.74) is 5.58. The molecule has 104 valence electrons. The minimum atomic E-state index is -1.22. The molecule has 0 saturated heterocycles. The van der Waals surface area contributed by atoms with Crippen molar-refractivity contribution in [2.24, 2.45) is 0 Å². The van der Waals surface area contributed by atoms with Crippen molar-refractivity contribution in [1.82, 2.24) is 4.98 Å². The molecule has 0 saturated carbocycles. The monoisotopic (exact) mass is 279 g/mol. The maximum absolute atomic E-state index is 13.4. The van der Waals surface area contributed by atoms with Crippen LogP contribution in [-0.2, 0) is 6.54 Å². The van der Waals surface area contributed by atoms with Crippen molar-refractivity contribution in [1.29, 1.82) is 0 Å². The van der Waals surface area contributed by atoms with E-state index in [2.05, 4.69) is 10.3 Å². The quantitative estimate of drug-likeness (QED) is 0.799. The van der Waals surface area contributed by atoms with Crippen LogP contribution in [0.1, 0.15) is 15.9 Å². The number of nitrogens with one attached hydrogen (secondary N) is 1. The number of carboxylic acid groups (broad SMARTS) is 1. The first-order chi connectivity index (χ1) is 9.47. The predicted molar refractivity (Wildman–Crippen MR) is 69.3 cm³/mol. The van der Waals surface area contributed by atoms with Crippen molar-refractivity contribution in [3.8, 4) is 0 Å². The Hall–Kier alpha value is -2.70. The van der Waals surface area contributed by atoms with Crippen LogP contribution in [0.2, 0.25) is 0 Å². The summed E-state index contributed by atoms with van der Waals surface area (Å²) < 4.78 is 26.4. The van der Waals surface area contributed by atoms with Crippen molar-refractivity contribution < 1.29 is 18.7 Å². The topological polar surface area (TPSA) is 88.2 Å². The Kier molecular flexibility index (Phi) is 3.79. The summed E-state index contributed by atoms with van der Waals surface area (Å²) in [6.07, 6.45) is 1.27. The van der Waals surface area contributed by atoms with Gasteiger partial charge in [-0.15, -0.1) is 0 Å². The molecule has 7 heteroatoms. The maximum Gasteiger partial charge on any atom is 0.339 e. The number of nitrogens with two attached hydrogens (primary N) is 1. The number of carboxylic acids is 1.